The maximum absolute atomic E-state index is 12.0. The number of hydrogen-bond acceptors (Lipinski definition) is 5. The lowest BCUT2D eigenvalue weighted by Crippen LogP contribution is -2.48. The lowest BCUT2D eigenvalue weighted by atomic mass is 10.2. The fraction of sp³-hybridized carbons (Fsp3) is 0.412. The Bertz CT molecular complexity index is 678. The quantitative estimate of drug-likeness (QED) is 0.846. The second-order valence-corrected chi connectivity index (χ2v) is 6.97. The molecule has 6 nitrogen and oxygen atoms in total. The average molecular weight is 393 g/mol. The molecule has 1 aromatic carbocycles. The topological polar surface area (TPSA) is 61.6 Å². The molecule has 1 saturated heterocycles. The van der Waals surface area contributed by atoms with Crippen LogP contribution in [0.1, 0.15) is 11.3 Å². The number of aromatic nitrogens is 1. The summed E-state index contributed by atoms with van der Waals surface area (Å²) in [5, 5.41) is 6.54. The molecule has 1 aliphatic heterocycles. The highest BCUT2D eigenvalue weighted by Crippen LogP contribution is 2.13. The van der Waals surface area contributed by atoms with Crippen molar-refractivity contribution >= 4 is 27.7 Å². The Morgan fingerprint density at radius 2 is 1.88 bits per heavy atom. The van der Waals surface area contributed by atoms with Crippen LogP contribution in [0.5, 0.6) is 0 Å². The van der Waals surface area contributed by atoms with Crippen LogP contribution in [-0.4, -0.2) is 53.6 Å². The monoisotopic (exact) mass is 392 g/mol. The van der Waals surface area contributed by atoms with Gasteiger partial charge in [0.05, 0.1) is 6.54 Å². The minimum absolute atomic E-state index is 0.0512. The summed E-state index contributed by atoms with van der Waals surface area (Å²) in [4.78, 5) is 16.6. The van der Waals surface area contributed by atoms with Crippen molar-refractivity contribution in [2.75, 3.05) is 38.0 Å². The zero-order valence-electron chi connectivity index (χ0n) is 13.7. The highest BCUT2D eigenvalue weighted by Gasteiger charge is 2.19. The van der Waals surface area contributed by atoms with Crippen LogP contribution in [-0.2, 0) is 11.3 Å². The van der Waals surface area contributed by atoms with Crippen LogP contribution in [0.15, 0.2) is 39.3 Å². The molecule has 3 rings (SSSR count). The number of piperazine rings is 1. The van der Waals surface area contributed by atoms with Crippen LogP contribution >= 0.6 is 15.9 Å². The van der Waals surface area contributed by atoms with Gasteiger partial charge in [-0.05, 0) is 24.6 Å². The van der Waals surface area contributed by atoms with Crippen molar-refractivity contribution in [3.8, 4) is 0 Å². The van der Waals surface area contributed by atoms with E-state index in [2.05, 4.69) is 60.5 Å². The van der Waals surface area contributed by atoms with Crippen molar-refractivity contribution < 1.29 is 9.32 Å². The lowest BCUT2D eigenvalue weighted by molar-refractivity contribution is -0.117. The van der Waals surface area contributed by atoms with E-state index in [-0.39, 0.29) is 5.91 Å². The van der Waals surface area contributed by atoms with Crippen molar-refractivity contribution in [3.05, 3.63) is 46.1 Å². The van der Waals surface area contributed by atoms with Gasteiger partial charge < -0.3 is 9.84 Å². The van der Waals surface area contributed by atoms with Gasteiger partial charge in [-0.15, -0.1) is 0 Å². The van der Waals surface area contributed by atoms with Gasteiger partial charge in [0.25, 0.3) is 0 Å². The number of anilines is 1. The van der Waals surface area contributed by atoms with Gasteiger partial charge in [0.15, 0.2) is 5.82 Å². The summed E-state index contributed by atoms with van der Waals surface area (Å²) in [7, 11) is 0. The summed E-state index contributed by atoms with van der Waals surface area (Å²) < 4.78 is 6.05. The summed E-state index contributed by atoms with van der Waals surface area (Å²) in [6, 6.07) is 10.1. The fourth-order valence-electron chi connectivity index (χ4n) is 2.76. The third-order valence-corrected chi connectivity index (χ3v) is 4.58. The molecule has 0 atom stereocenters. The molecule has 2 aromatic rings. The zero-order valence-corrected chi connectivity index (χ0v) is 15.3. The molecule has 1 aliphatic rings. The summed E-state index contributed by atoms with van der Waals surface area (Å²) >= 11 is 3.46. The number of amides is 1. The van der Waals surface area contributed by atoms with Gasteiger partial charge in [0.2, 0.25) is 5.91 Å². The van der Waals surface area contributed by atoms with E-state index in [4.69, 9.17) is 4.52 Å². The van der Waals surface area contributed by atoms with Crippen LogP contribution in [0.25, 0.3) is 0 Å². The van der Waals surface area contributed by atoms with Crippen LogP contribution in [0.4, 0.5) is 5.82 Å². The van der Waals surface area contributed by atoms with E-state index in [1.165, 1.54) is 5.56 Å². The Morgan fingerprint density at radius 1 is 1.21 bits per heavy atom. The number of nitrogens with one attached hydrogen (secondary N) is 1. The van der Waals surface area contributed by atoms with Gasteiger partial charge in [-0.1, -0.05) is 33.2 Å². The summed E-state index contributed by atoms with van der Waals surface area (Å²) in [5.41, 5.74) is 1.31. The lowest BCUT2D eigenvalue weighted by Gasteiger charge is -2.34. The van der Waals surface area contributed by atoms with Crippen molar-refractivity contribution in [2.24, 2.45) is 0 Å². The summed E-state index contributed by atoms with van der Waals surface area (Å²) in [5.74, 6) is 1.11. The van der Waals surface area contributed by atoms with Gasteiger partial charge in [0.1, 0.15) is 5.76 Å². The molecule has 0 bridgehead atoms. The standard InChI is InChI=1S/C17H21BrN4O2/c1-13-10-16(20-24-13)19-17(23)12-22-8-6-21(7-9-22)11-14-2-4-15(18)5-3-14/h2-5,10H,6-9,11-12H2,1H3,(H,19,20,23). The Hall–Kier alpha value is -1.70. The maximum Gasteiger partial charge on any atom is 0.239 e. The van der Waals surface area contributed by atoms with Gasteiger partial charge >= 0.3 is 0 Å². The Kier molecular flexibility index (Phi) is 5.65. The van der Waals surface area contributed by atoms with Crippen molar-refractivity contribution in [3.63, 3.8) is 0 Å². The molecule has 1 aromatic heterocycles. The molecule has 128 valence electrons. The Balaban J connectivity index is 1.41. The van der Waals surface area contributed by atoms with Crippen LogP contribution in [0, 0.1) is 6.92 Å². The Morgan fingerprint density at radius 3 is 2.50 bits per heavy atom. The number of halogens is 1. The molecule has 0 spiro atoms. The van der Waals surface area contributed by atoms with E-state index >= 15 is 0 Å². The molecule has 24 heavy (non-hydrogen) atoms. The molecular weight excluding hydrogens is 372 g/mol. The Labute approximate surface area is 149 Å². The van der Waals surface area contributed by atoms with E-state index in [1.54, 1.807) is 13.0 Å². The van der Waals surface area contributed by atoms with Crippen molar-refractivity contribution in [1.82, 2.24) is 15.0 Å². The van der Waals surface area contributed by atoms with Gasteiger partial charge in [-0.2, -0.15) is 0 Å². The smallest absolute Gasteiger partial charge is 0.239 e. The molecule has 2 heterocycles. The van der Waals surface area contributed by atoms with Crippen molar-refractivity contribution in [2.45, 2.75) is 13.5 Å². The average Bonchev–Trinajstić information content (AvgIpc) is 2.96. The number of benzene rings is 1. The van der Waals surface area contributed by atoms with Crippen LogP contribution in [0.3, 0.4) is 0 Å². The predicted octanol–water partition coefficient (Wildman–Crippen LogP) is 2.50. The van der Waals surface area contributed by atoms with E-state index in [9.17, 15) is 4.79 Å². The summed E-state index contributed by atoms with van der Waals surface area (Å²) in [6.07, 6.45) is 0. The fourth-order valence-corrected chi connectivity index (χ4v) is 3.03. The first-order valence-electron chi connectivity index (χ1n) is 8.01. The molecule has 0 aliphatic carbocycles. The number of aryl methyl sites for hydroxylation is 1. The summed E-state index contributed by atoms with van der Waals surface area (Å²) in [6.45, 7) is 6.85. The number of carbonyl (C=O) groups is 1. The second-order valence-electron chi connectivity index (χ2n) is 6.05. The molecule has 1 fully saturated rings. The van der Waals surface area contributed by atoms with Gasteiger partial charge in [-0.3, -0.25) is 14.6 Å². The number of hydrogen-bond donors (Lipinski definition) is 1. The van der Waals surface area contributed by atoms with Crippen LogP contribution in [0.2, 0.25) is 0 Å². The highest BCUT2D eigenvalue weighted by atomic mass is 79.9. The van der Waals surface area contributed by atoms with Crippen molar-refractivity contribution in [1.29, 1.82) is 0 Å². The van der Waals surface area contributed by atoms with E-state index in [0.717, 1.165) is 37.2 Å². The molecule has 0 unspecified atom stereocenters. The first-order valence-corrected chi connectivity index (χ1v) is 8.80. The normalized spacial score (nSPS) is 16.2. The van der Waals surface area contributed by atoms with Gasteiger partial charge in [0, 0.05) is 43.3 Å². The molecule has 0 radical (unpaired) electrons. The van der Waals surface area contributed by atoms with Crippen LogP contribution < -0.4 is 5.32 Å². The minimum atomic E-state index is -0.0512. The first-order chi connectivity index (χ1) is 11.6. The number of rotatable bonds is 5. The molecule has 7 heteroatoms. The highest BCUT2D eigenvalue weighted by molar-refractivity contribution is 9.10. The second kappa shape index (κ2) is 7.92. The minimum Gasteiger partial charge on any atom is -0.360 e. The predicted molar refractivity (Wildman–Crippen MR) is 95.7 cm³/mol. The number of carbonyl (C=O) groups excluding carboxylic acids is 1. The number of nitrogens with zero attached hydrogens (tertiary/aromatic N) is 3. The molecule has 1 N–H and O–H groups in total. The molecule has 1 amide bonds. The maximum atomic E-state index is 12.0. The molecule has 0 saturated carbocycles. The van der Waals surface area contributed by atoms with E-state index in [0.29, 0.717) is 18.1 Å². The third-order valence-electron chi connectivity index (χ3n) is 4.05. The first kappa shape index (κ1) is 17.1. The SMILES string of the molecule is Cc1cc(NC(=O)CN2CCN(Cc3ccc(Br)cc3)CC2)no1. The largest absolute Gasteiger partial charge is 0.360 e. The van der Waals surface area contributed by atoms with E-state index in [1.807, 2.05) is 0 Å². The molecular formula is C17H21BrN4O2. The zero-order chi connectivity index (χ0) is 16.9. The van der Waals surface area contributed by atoms with Gasteiger partial charge in [-0.25, -0.2) is 0 Å². The third kappa shape index (κ3) is 4.90. The van der Waals surface area contributed by atoms with E-state index < -0.39 is 0 Å².